The zero-order valence-corrected chi connectivity index (χ0v) is 12.2. The number of hydrogen-bond acceptors (Lipinski definition) is 3. The number of aliphatic hydroxyl groups is 1. The molecular formula is C15H20ClNO3. The van der Waals surface area contributed by atoms with E-state index in [0.717, 1.165) is 25.9 Å². The van der Waals surface area contributed by atoms with Crippen molar-refractivity contribution in [2.45, 2.75) is 32.3 Å². The lowest BCUT2D eigenvalue weighted by Crippen LogP contribution is -2.35. The number of ether oxygens (including phenoxy) is 1. The molecule has 0 unspecified atom stereocenters. The van der Waals surface area contributed by atoms with Gasteiger partial charge in [0.15, 0.2) is 6.61 Å². The quantitative estimate of drug-likeness (QED) is 0.929. The first-order valence-electron chi connectivity index (χ1n) is 7.01. The van der Waals surface area contributed by atoms with Gasteiger partial charge < -0.3 is 14.7 Å². The zero-order chi connectivity index (χ0) is 14.4. The summed E-state index contributed by atoms with van der Waals surface area (Å²) in [5, 5.41) is 9.74. The molecule has 1 aliphatic heterocycles. The predicted molar refractivity (Wildman–Crippen MR) is 77.9 cm³/mol. The molecular weight excluding hydrogens is 278 g/mol. The van der Waals surface area contributed by atoms with Crippen molar-refractivity contribution in [2.75, 3.05) is 19.7 Å². The van der Waals surface area contributed by atoms with Crippen molar-refractivity contribution in [1.82, 2.24) is 4.90 Å². The number of benzene rings is 1. The van der Waals surface area contributed by atoms with Crippen LogP contribution < -0.4 is 4.74 Å². The molecule has 0 aromatic heterocycles. The molecule has 5 heteroatoms. The monoisotopic (exact) mass is 297 g/mol. The smallest absolute Gasteiger partial charge is 0.260 e. The van der Waals surface area contributed by atoms with Crippen LogP contribution in [0.4, 0.5) is 0 Å². The van der Waals surface area contributed by atoms with Gasteiger partial charge in [0.2, 0.25) is 0 Å². The molecule has 2 rings (SSSR count). The molecule has 0 bridgehead atoms. The molecule has 1 fully saturated rings. The Kier molecular flexibility index (Phi) is 5.68. The number of amides is 1. The number of halogens is 1. The van der Waals surface area contributed by atoms with Crippen molar-refractivity contribution < 1.29 is 14.6 Å². The number of hydrogen-bond donors (Lipinski definition) is 1. The molecule has 0 saturated carbocycles. The number of carbonyl (C=O) groups excluding carboxylic acids is 1. The lowest BCUT2D eigenvalue weighted by molar-refractivity contribution is -0.133. The van der Waals surface area contributed by atoms with E-state index in [9.17, 15) is 9.90 Å². The van der Waals surface area contributed by atoms with Crippen LogP contribution in [0.2, 0.25) is 5.02 Å². The molecule has 1 heterocycles. The molecule has 1 amide bonds. The van der Waals surface area contributed by atoms with Crippen LogP contribution in [-0.4, -0.2) is 35.6 Å². The highest BCUT2D eigenvalue weighted by atomic mass is 35.5. The Morgan fingerprint density at radius 3 is 2.60 bits per heavy atom. The maximum absolute atomic E-state index is 12.1. The van der Waals surface area contributed by atoms with E-state index < -0.39 is 0 Å². The van der Waals surface area contributed by atoms with Crippen molar-refractivity contribution in [3.63, 3.8) is 0 Å². The van der Waals surface area contributed by atoms with Crippen molar-refractivity contribution in [3.8, 4) is 5.75 Å². The highest BCUT2D eigenvalue weighted by Crippen LogP contribution is 2.26. The van der Waals surface area contributed by atoms with E-state index >= 15 is 0 Å². The summed E-state index contributed by atoms with van der Waals surface area (Å²) >= 11 is 5.98. The Balaban J connectivity index is 1.94. The van der Waals surface area contributed by atoms with Gasteiger partial charge >= 0.3 is 0 Å². The number of likely N-dealkylation sites (tertiary alicyclic amines) is 1. The van der Waals surface area contributed by atoms with Gasteiger partial charge in [-0.25, -0.2) is 0 Å². The van der Waals surface area contributed by atoms with Gasteiger partial charge in [0.25, 0.3) is 5.91 Å². The number of nitrogens with zero attached hydrogens (tertiary/aromatic N) is 1. The maximum atomic E-state index is 12.1. The summed E-state index contributed by atoms with van der Waals surface area (Å²) in [4.78, 5) is 14.0. The number of rotatable bonds is 4. The summed E-state index contributed by atoms with van der Waals surface area (Å²) in [6.45, 7) is 1.41. The van der Waals surface area contributed by atoms with E-state index in [4.69, 9.17) is 16.3 Å². The summed E-state index contributed by atoms with van der Waals surface area (Å²) in [5.41, 5.74) is 0.526. The highest BCUT2D eigenvalue weighted by Gasteiger charge is 2.16. The predicted octanol–water partition coefficient (Wildman–Crippen LogP) is 2.61. The fourth-order valence-corrected chi connectivity index (χ4v) is 2.60. The van der Waals surface area contributed by atoms with E-state index in [2.05, 4.69) is 0 Å². The summed E-state index contributed by atoms with van der Waals surface area (Å²) in [6.07, 6.45) is 4.50. The van der Waals surface area contributed by atoms with E-state index in [-0.39, 0.29) is 19.1 Å². The third kappa shape index (κ3) is 3.87. The lowest BCUT2D eigenvalue weighted by atomic mass is 10.2. The Labute approximate surface area is 124 Å². The molecule has 1 aliphatic rings. The van der Waals surface area contributed by atoms with E-state index in [1.54, 1.807) is 18.2 Å². The molecule has 1 aromatic carbocycles. The summed E-state index contributed by atoms with van der Waals surface area (Å²) < 4.78 is 5.53. The summed E-state index contributed by atoms with van der Waals surface area (Å²) in [6, 6.07) is 5.15. The van der Waals surface area contributed by atoms with Crippen LogP contribution in [0.5, 0.6) is 5.75 Å². The Hall–Kier alpha value is -1.26. The maximum Gasteiger partial charge on any atom is 0.260 e. The van der Waals surface area contributed by atoms with Crippen LogP contribution in [0.3, 0.4) is 0 Å². The largest absolute Gasteiger partial charge is 0.483 e. The van der Waals surface area contributed by atoms with Crippen molar-refractivity contribution in [1.29, 1.82) is 0 Å². The normalized spacial score (nSPS) is 15.8. The first-order chi connectivity index (χ1) is 9.72. The van der Waals surface area contributed by atoms with Crippen LogP contribution in [0.15, 0.2) is 18.2 Å². The van der Waals surface area contributed by atoms with Gasteiger partial charge in [0, 0.05) is 23.7 Å². The second-order valence-corrected chi connectivity index (χ2v) is 5.37. The number of carbonyl (C=O) groups is 1. The summed E-state index contributed by atoms with van der Waals surface area (Å²) in [5.74, 6) is 0.471. The van der Waals surface area contributed by atoms with E-state index in [1.165, 1.54) is 12.8 Å². The second kappa shape index (κ2) is 7.50. The molecule has 0 aliphatic carbocycles. The molecule has 0 atom stereocenters. The van der Waals surface area contributed by atoms with Gasteiger partial charge in [-0.2, -0.15) is 0 Å². The van der Waals surface area contributed by atoms with Gasteiger partial charge in [0.1, 0.15) is 5.75 Å². The fourth-order valence-electron chi connectivity index (χ4n) is 2.38. The first-order valence-corrected chi connectivity index (χ1v) is 7.39. The molecule has 1 aromatic rings. The fraction of sp³-hybridized carbons (Fsp3) is 0.533. The van der Waals surface area contributed by atoms with Crippen molar-refractivity contribution >= 4 is 17.5 Å². The van der Waals surface area contributed by atoms with Gasteiger partial charge in [-0.05, 0) is 25.0 Å². The number of aliphatic hydroxyl groups excluding tert-OH is 1. The van der Waals surface area contributed by atoms with Gasteiger partial charge in [0.05, 0.1) is 6.61 Å². The van der Waals surface area contributed by atoms with Crippen LogP contribution >= 0.6 is 11.6 Å². The minimum atomic E-state index is -0.201. The molecule has 0 spiro atoms. The Morgan fingerprint density at radius 2 is 1.95 bits per heavy atom. The Bertz CT molecular complexity index is 456. The minimum absolute atomic E-state index is 0.00392. The lowest BCUT2D eigenvalue weighted by Gasteiger charge is -2.20. The van der Waals surface area contributed by atoms with Crippen LogP contribution in [0.25, 0.3) is 0 Å². The SMILES string of the molecule is O=C(COc1cccc(Cl)c1CO)N1CCCCCC1. The molecule has 1 saturated heterocycles. The van der Waals surface area contributed by atoms with Gasteiger partial charge in [-0.3, -0.25) is 4.79 Å². The minimum Gasteiger partial charge on any atom is -0.483 e. The average Bonchev–Trinajstić information content (AvgIpc) is 2.74. The molecule has 0 radical (unpaired) electrons. The second-order valence-electron chi connectivity index (χ2n) is 4.96. The average molecular weight is 298 g/mol. The highest BCUT2D eigenvalue weighted by molar-refractivity contribution is 6.31. The van der Waals surface area contributed by atoms with Crippen LogP contribution in [0, 0.1) is 0 Å². The molecule has 1 N–H and O–H groups in total. The third-order valence-electron chi connectivity index (χ3n) is 3.54. The standard InChI is InChI=1S/C15H20ClNO3/c16-13-6-5-7-14(12(13)10-18)20-11-15(19)17-8-3-1-2-4-9-17/h5-7,18H,1-4,8-11H2. The van der Waals surface area contributed by atoms with Gasteiger partial charge in [-0.15, -0.1) is 0 Å². The van der Waals surface area contributed by atoms with Crippen molar-refractivity contribution in [3.05, 3.63) is 28.8 Å². The molecule has 110 valence electrons. The molecule has 4 nitrogen and oxygen atoms in total. The summed E-state index contributed by atoms with van der Waals surface area (Å²) in [7, 11) is 0. The third-order valence-corrected chi connectivity index (χ3v) is 3.90. The van der Waals surface area contributed by atoms with Gasteiger partial charge in [-0.1, -0.05) is 30.5 Å². The molecule has 20 heavy (non-hydrogen) atoms. The van der Waals surface area contributed by atoms with Crippen LogP contribution in [0.1, 0.15) is 31.2 Å². The van der Waals surface area contributed by atoms with Crippen LogP contribution in [-0.2, 0) is 11.4 Å². The van der Waals surface area contributed by atoms with E-state index in [0.29, 0.717) is 16.3 Å². The Morgan fingerprint density at radius 1 is 1.25 bits per heavy atom. The first kappa shape index (κ1) is 15.1. The topological polar surface area (TPSA) is 49.8 Å². The van der Waals surface area contributed by atoms with E-state index in [1.807, 2.05) is 4.90 Å². The van der Waals surface area contributed by atoms with Crippen molar-refractivity contribution in [2.24, 2.45) is 0 Å². The zero-order valence-electron chi connectivity index (χ0n) is 11.5.